The second-order valence-corrected chi connectivity index (χ2v) is 8.50. The maximum absolute atomic E-state index is 10.6. The van der Waals surface area contributed by atoms with Gasteiger partial charge in [-0.2, -0.15) is 0 Å². The predicted molar refractivity (Wildman–Crippen MR) is 135 cm³/mol. The molecule has 180 valence electrons. The zero-order valence-electron chi connectivity index (χ0n) is 19.5. The highest BCUT2D eigenvalue weighted by atomic mass is 32.1. The lowest BCUT2D eigenvalue weighted by Gasteiger charge is -2.03. The number of nitrogens with two attached hydrogens (primary N) is 2. The average Bonchev–Trinajstić information content (AvgIpc) is 2.64. The van der Waals surface area contributed by atoms with E-state index in [0.717, 1.165) is 6.42 Å². The molecule has 0 aromatic heterocycles. The van der Waals surface area contributed by atoms with Crippen LogP contribution in [0.2, 0.25) is 0 Å². The molecule has 0 aromatic rings. The standard InChI is InChI=1S/C18H37NO.C3H7NOS.CH3NOS/c1-2-3-4-5-6-7-8-9-10-11-12-13-14-15-16-17-18(19)20;1-4(2)3(5)6;2-1(3)4/h2-17H2,1H3,(H2,19,20);1-2H3,(H,5,6);(H3,2,3,4). The molecule has 0 rings (SSSR count). The fourth-order valence-electron chi connectivity index (χ4n) is 2.67. The van der Waals surface area contributed by atoms with Gasteiger partial charge in [0.2, 0.25) is 5.91 Å². The highest BCUT2D eigenvalue weighted by Crippen LogP contribution is 2.13. The number of nitrogens with zero attached hydrogens (tertiary/aromatic N) is 1. The van der Waals surface area contributed by atoms with Crippen LogP contribution in [0, 0.1) is 0 Å². The number of rotatable bonds is 16. The molecule has 8 heteroatoms. The number of carbonyl (C=O) groups is 3. The van der Waals surface area contributed by atoms with E-state index in [-0.39, 0.29) is 11.1 Å². The number of amides is 3. The number of carbonyl (C=O) groups excluding carboxylic acids is 3. The highest BCUT2D eigenvalue weighted by Gasteiger charge is 1.96. The average molecular weight is 466 g/mol. The van der Waals surface area contributed by atoms with Crippen molar-refractivity contribution in [1.82, 2.24) is 4.90 Å². The van der Waals surface area contributed by atoms with E-state index in [4.69, 9.17) is 10.5 Å². The monoisotopic (exact) mass is 465 g/mol. The first-order valence-corrected chi connectivity index (χ1v) is 12.2. The van der Waals surface area contributed by atoms with E-state index in [1.165, 1.54) is 94.8 Å². The molecule has 0 bridgehead atoms. The molecule has 0 aromatic carbocycles. The van der Waals surface area contributed by atoms with Crippen LogP contribution in [0.5, 0.6) is 0 Å². The van der Waals surface area contributed by atoms with E-state index >= 15 is 0 Å². The van der Waals surface area contributed by atoms with Gasteiger partial charge in [0, 0.05) is 20.5 Å². The fraction of sp³-hybridized carbons (Fsp3) is 0.864. The summed E-state index contributed by atoms with van der Waals surface area (Å²) in [5.41, 5.74) is 9.44. The third-order valence-corrected chi connectivity index (χ3v) is 4.81. The van der Waals surface area contributed by atoms with Crippen molar-refractivity contribution in [2.45, 2.75) is 110 Å². The van der Waals surface area contributed by atoms with Crippen molar-refractivity contribution in [2.75, 3.05) is 14.1 Å². The summed E-state index contributed by atoms with van der Waals surface area (Å²) >= 11 is 6.58. The van der Waals surface area contributed by atoms with Gasteiger partial charge in [0.15, 0.2) is 0 Å². The van der Waals surface area contributed by atoms with E-state index in [1.54, 1.807) is 14.1 Å². The summed E-state index contributed by atoms with van der Waals surface area (Å²) in [4.78, 5) is 31.0. The molecule has 4 N–H and O–H groups in total. The van der Waals surface area contributed by atoms with Gasteiger partial charge in [-0.1, -0.05) is 122 Å². The van der Waals surface area contributed by atoms with E-state index in [9.17, 15) is 9.59 Å². The number of hydrogen-bond donors (Lipinski definition) is 4. The summed E-state index contributed by atoms with van der Waals surface area (Å²) in [5.74, 6) is -0.153. The van der Waals surface area contributed by atoms with Crippen molar-refractivity contribution in [3.63, 3.8) is 0 Å². The fourth-order valence-corrected chi connectivity index (χ4v) is 2.67. The van der Waals surface area contributed by atoms with Crippen LogP contribution in [0.3, 0.4) is 0 Å². The van der Waals surface area contributed by atoms with Crippen molar-refractivity contribution in [2.24, 2.45) is 11.5 Å². The first kappa shape index (κ1) is 33.7. The Morgan fingerprint density at radius 2 is 0.867 bits per heavy atom. The molecule has 0 radical (unpaired) electrons. The lowest BCUT2D eigenvalue weighted by atomic mass is 10.0. The molecule has 0 unspecified atom stereocenters. The number of thiol groups is 2. The predicted octanol–water partition coefficient (Wildman–Crippen LogP) is 6.33. The zero-order valence-corrected chi connectivity index (χ0v) is 21.3. The van der Waals surface area contributed by atoms with E-state index in [2.05, 4.69) is 37.9 Å². The van der Waals surface area contributed by atoms with Crippen molar-refractivity contribution in [3.05, 3.63) is 0 Å². The molecular weight excluding hydrogens is 418 g/mol. The minimum absolute atomic E-state index is 0.153. The third kappa shape index (κ3) is 45.7. The highest BCUT2D eigenvalue weighted by molar-refractivity contribution is 7.96. The Morgan fingerprint density at radius 1 is 0.633 bits per heavy atom. The minimum Gasteiger partial charge on any atom is -0.370 e. The van der Waals surface area contributed by atoms with Gasteiger partial charge in [-0.25, -0.2) is 0 Å². The molecule has 0 aliphatic heterocycles. The van der Waals surface area contributed by atoms with Gasteiger partial charge in [0.25, 0.3) is 10.5 Å². The van der Waals surface area contributed by atoms with Gasteiger partial charge < -0.3 is 16.4 Å². The second kappa shape index (κ2) is 28.1. The van der Waals surface area contributed by atoms with Crippen LogP contribution >= 0.6 is 25.3 Å². The largest absolute Gasteiger partial charge is 0.370 e. The third-order valence-electron chi connectivity index (χ3n) is 4.41. The lowest BCUT2D eigenvalue weighted by Crippen LogP contribution is -2.13. The van der Waals surface area contributed by atoms with Gasteiger partial charge >= 0.3 is 0 Å². The van der Waals surface area contributed by atoms with Crippen molar-refractivity contribution in [3.8, 4) is 0 Å². The van der Waals surface area contributed by atoms with E-state index in [0.29, 0.717) is 6.42 Å². The molecule has 0 spiro atoms. The topological polar surface area (TPSA) is 106 Å². The van der Waals surface area contributed by atoms with E-state index < -0.39 is 5.24 Å². The van der Waals surface area contributed by atoms with Gasteiger partial charge in [-0.05, 0) is 6.42 Å². The molecule has 30 heavy (non-hydrogen) atoms. The number of primary amides is 2. The molecule has 0 aliphatic rings. The summed E-state index contributed by atoms with van der Waals surface area (Å²) in [7, 11) is 3.30. The molecule has 0 aliphatic carbocycles. The van der Waals surface area contributed by atoms with Crippen molar-refractivity contribution < 1.29 is 14.4 Å². The summed E-state index contributed by atoms with van der Waals surface area (Å²) < 4.78 is 0. The molecule has 0 heterocycles. The Bertz CT molecular complexity index is 405. The summed E-state index contributed by atoms with van der Waals surface area (Å²) in [5, 5.41) is -0.852. The summed E-state index contributed by atoms with van der Waals surface area (Å²) in [6, 6.07) is 0. The minimum atomic E-state index is -0.639. The molecule has 0 atom stereocenters. The zero-order chi connectivity index (χ0) is 23.6. The van der Waals surface area contributed by atoms with Crippen molar-refractivity contribution >= 4 is 41.6 Å². The quantitative estimate of drug-likeness (QED) is 0.158. The van der Waals surface area contributed by atoms with Crippen LogP contribution in [-0.2, 0) is 4.79 Å². The maximum atomic E-state index is 10.6. The number of hydrogen-bond acceptors (Lipinski definition) is 3. The van der Waals surface area contributed by atoms with E-state index in [1.807, 2.05) is 0 Å². The van der Waals surface area contributed by atoms with Gasteiger partial charge in [-0.15, -0.1) is 0 Å². The van der Waals surface area contributed by atoms with Crippen LogP contribution in [0.25, 0.3) is 0 Å². The van der Waals surface area contributed by atoms with Crippen LogP contribution in [0.1, 0.15) is 110 Å². The normalized spacial score (nSPS) is 9.63. The Hall–Kier alpha value is -0.890. The molecular formula is C22H47N3O3S2. The van der Waals surface area contributed by atoms with Gasteiger partial charge in [-0.3, -0.25) is 14.4 Å². The first-order chi connectivity index (χ1) is 14.1. The Balaban J connectivity index is -0.000000600. The van der Waals surface area contributed by atoms with Crippen LogP contribution < -0.4 is 11.5 Å². The van der Waals surface area contributed by atoms with Crippen LogP contribution in [0.15, 0.2) is 0 Å². The van der Waals surface area contributed by atoms with Crippen molar-refractivity contribution in [1.29, 1.82) is 0 Å². The van der Waals surface area contributed by atoms with Gasteiger partial charge in [0.1, 0.15) is 0 Å². The molecule has 0 saturated carbocycles. The summed E-state index contributed by atoms with van der Waals surface area (Å²) in [6.07, 6.45) is 20.9. The Labute approximate surface area is 196 Å². The van der Waals surface area contributed by atoms with Crippen LogP contribution in [0.4, 0.5) is 9.59 Å². The Kier molecular flexibility index (Phi) is 31.6. The maximum Gasteiger partial charge on any atom is 0.278 e. The smallest absolute Gasteiger partial charge is 0.278 e. The second-order valence-electron chi connectivity index (χ2n) is 7.68. The molecule has 0 saturated heterocycles. The summed E-state index contributed by atoms with van der Waals surface area (Å²) in [6.45, 7) is 2.28. The first-order valence-electron chi connectivity index (χ1n) is 11.3. The number of unbranched alkanes of at least 4 members (excludes halogenated alkanes) is 14. The molecule has 3 amide bonds. The van der Waals surface area contributed by atoms with Crippen LogP contribution in [-0.4, -0.2) is 35.4 Å². The molecule has 0 fully saturated rings. The lowest BCUT2D eigenvalue weighted by molar-refractivity contribution is -0.118. The molecule has 6 nitrogen and oxygen atoms in total. The SMILES string of the molecule is CCCCCCCCCCCCCCCCCC(N)=O.CN(C)C(=O)S.NC(=O)S. The van der Waals surface area contributed by atoms with Gasteiger partial charge in [0.05, 0.1) is 0 Å². The Morgan fingerprint density at radius 3 is 1.07 bits per heavy atom.